The van der Waals surface area contributed by atoms with E-state index in [0.29, 0.717) is 5.33 Å². The highest BCUT2D eigenvalue weighted by atomic mass is 79.9. The summed E-state index contributed by atoms with van der Waals surface area (Å²) in [5.74, 6) is 1.84. The molecule has 0 N–H and O–H groups in total. The van der Waals surface area contributed by atoms with E-state index in [9.17, 15) is 0 Å². The first-order valence-electron chi connectivity index (χ1n) is 5.99. The number of hydrogen-bond acceptors (Lipinski definition) is 2. The zero-order valence-electron chi connectivity index (χ0n) is 10.5. The molecule has 0 aliphatic heterocycles. The van der Waals surface area contributed by atoms with E-state index < -0.39 is 0 Å². The van der Waals surface area contributed by atoms with Crippen LogP contribution in [0.4, 0.5) is 0 Å². The zero-order valence-corrected chi connectivity index (χ0v) is 12.8. The molecular weight excluding hydrogens is 314 g/mol. The Balaban J connectivity index is 2.60. The van der Waals surface area contributed by atoms with Crippen molar-refractivity contribution in [3.05, 3.63) is 40.4 Å². The predicted molar refractivity (Wildman–Crippen MR) is 77.8 cm³/mol. The molecule has 3 nitrogen and oxygen atoms in total. The van der Waals surface area contributed by atoms with Gasteiger partial charge in [0.05, 0.1) is 5.69 Å². The van der Waals surface area contributed by atoms with Gasteiger partial charge in [-0.15, -0.1) is 0 Å². The maximum Gasteiger partial charge on any atom is 0.151 e. The second-order valence-corrected chi connectivity index (χ2v) is 4.90. The standard InChI is InChI=1S/C13H15BrClN3/c1-3-12-16-13(4-2)18(17-12)11-7-5-6-10(15)9(11)8-14/h5-7H,3-4,8H2,1-2H3. The molecule has 96 valence electrons. The fourth-order valence-electron chi connectivity index (χ4n) is 1.84. The van der Waals surface area contributed by atoms with Gasteiger partial charge < -0.3 is 0 Å². The molecule has 18 heavy (non-hydrogen) atoms. The Kier molecular flexibility index (Phi) is 4.40. The van der Waals surface area contributed by atoms with Crippen LogP contribution in [0.3, 0.4) is 0 Å². The Morgan fingerprint density at radius 2 is 2.06 bits per heavy atom. The lowest BCUT2D eigenvalue weighted by atomic mass is 10.2. The fourth-order valence-corrected chi connectivity index (χ4v) is 2.83. The highest BCUT2D eigenvalue weighted by molar-refractivity contribution is 9.08. The summed E-state index contributed by atoms with van der Waals surface area (Å²) in [6.45, 7) is 4.14. The van der Waals surface area contributed by atoms with Crippen molar-refractivity contribution in [1.29, 1.82) is 0 Å². The van der Waals surface area contributed by atoms with E-state index in [2.05, 4.69) is 39.9 Å². The first-order valence-corrected chi connectivity index (χ1v) is 7.49. The van der Waals surface area contributed by atoms with E-state index >= 15 is 0 Å². The van der Waals surface area contributed by atoms with Gasteiger partial charge in [-0.2, -0.15) is 5.10 Å². The summed E-state index contributed by atoms with van der Waals surface area (Å²) in [5.41, 5.74) is 2.05. The summed E-state index contributed by atoms with van der Waals surface area (Å²) in [6, 6.07) is 5.86. The number of halogens is 2. The lowest BCUT2D eigenvalue weighted by Crippen LogP contribution is -2.05. The third kappa shape index (κ3) is 2.45. The molecule has 0 fully saturated rings. The first kappa shape index (κ1) is 13.6. The number of aromatic nitrogens is 3. The molecule has 2 rings (SSSR count). The third-order valence-electron chi connectivity index (χ3n) is 2.81. The summed E-state index contributed by atoms with van der Waals surface area (Å²) in [7, 11) is 0. The molecule has 1 heterocycles. The fraction of sp³-hybridized carbons (Fsp3) is 0.385. The van der Waals surface area contributed by atoms with Crippen molar-refractivity contribution < 1.29 is 0 Å². The van der Waals surface area contributed by atoms with Crippen molar-refractivity contribution >= 4 is 27.5 Å². The molecule has 0 aliphatic rings. The van der Waals surface area contributed by atoms with Gasteiger partial charge in [0, 0.05) is 28.8 Å². The van der Waals surface area contributed by atoms with Crippen molar-refractivity contribution in [1.82, 2.24) is 14.8 Å². The lowest BCUT2D eigenvalue weighted by molar-refractivity contribution is 0.786. The second kappa shape index (κ2) is 5.85. The van der Waals surface area contributed by atoms with Crippen molar-refractivity contribution in [3.8, 4) is 5.69 Å². The first-order chi connectivity index (χ1) is 8.71. The highest BCUT2D eigenvalue weighted by Crippen LogP contribution is 2.26. The van der Waals surface area contributed by atoms with Crippen LogP contribution in [0.5, 0.6) is 0 Å². The van der Waals surface area contributed by atoms with Gasteiger partial charge in [0.2, 0.25) is 0 Å². The summed E-state index contributed by atoms with van der Waals surface area (Å²) >= 11 is 9.70. The van der Waals surface area contributed by atoms with Crippen molar-refractivity contribution in [3.63, 3.8) is 0 Å². The van der Waals surface area contributed by atoms with Gasteiger partial charge >= 0.3 is 0 Å². The van der Waals surface area contributed by atoms with Crippen LogP contribution in [0.25, 0.3) is 5.69 Å². The number of rotatable bonds is 4. The van der Waals surface area contributed by atoms with E-state index in [1.165, 1.54) is 0 Å². The number of benzene rings is 1. The Morgan fingerprint density at radius 3 is 2.67 bits per heavy atom. The molecular formula is C13H15BrClN3. The maximum absolute atomic E-state index is 6.22. The van der Waals surface area contributed by atoms with Crippen molar-refractivity contribution in [2.24, 2.45) is 0 Å². The van der Waals surface area contributed by atoms with Crippen LogP contribution >= 0.6 is 27.5 Å². The number of aryl methyl sites for hydroxylation is 2. The van der Waals surface area contributed by atoms with Crippen LogP contribution in [-0.2, 0) is 18.2 Å². The van der Waals surface area contributed by atoms with Crippen LogP contribution in [0.1, 0.15) is 31.1 Å². The van der Waals surface area contributed by atoms with Gasteiger partial charge in [0.25, 0.3) is 0 Å². The Labute approximate surface area is 120 Å². The Morgan fingerprint density at radius 1 is 1.28 bits per heavy atom. The number of hydrogen-bond donors (Lipinski definition) is 0. The summed E-state index contributed by atoms with van der Waals surface area (Å²) in [4.78, 5) is 4.52. The molecule has 1 aromatic carbocycles. The van der Waals surface area contributed by atoms with Gasteiger partial charge in [-0.05, 0) is 12.1 Å². The molecule has 2 aromatic rings. The maximum atomic E-state index is 6.22. The smallest absolute Gasteiger partial charge is 0.151 e. The SMILES string of the molecule is CCc1nc(CC)n(-c2cccc(Cl)c2CBr)n1. The molecule has 0 atom stereocenters. The van der Waals surface area contributed by atoms with Crippen LogP contribution < -0.4 is 0 Å². The van der Waals surface area contributed by atoms with E-state index in [1.807, 2.05) is 22.9 Å². The highest BCUT2D eigenvalue weighted by Gasteiger charge is 2.13. The molecule has 0 aliphatic carbocycles. The van der Waals surface area contributed by atoms with Gasteiger partial charge in [0.15, 0.2) is 5.82 Å². The number of alkyl halides is 1. The van der Waals surface area contributed by atoms with Crippen LogP contribution in [0.15, 0.2) is 18.2 Å². The normalized spacial score (nSPS) is 10.9. The van der Waals surface area contributed by atoms with Crippen LogP contribution in [-0.4, -0.2) is 14.8 Å². The van der Waals surface area contributed by atoms with E-state index in [0.717, 1.165) is 40.8 Å². The minimum Gasteiger partial charge on any atom is -0.217 e. The average molecular weight is 329 g/mol. The van der Waals surface area contributed by atoms with Crippen LogP contribution in [0.2, 0.25) is 5.02 Å². The molecule has 0 spiro atoms. The van der Waals surface area contributed by atoms with Gasteiger partial charge in [-0.1, -0.05) is 47.4 Å². The minimum absolute atomic E-state index is 0.701. The molecule has 0 saturated heterocycles. The summed E-state index contributed by atoms with van der Waals surface area (Å²) in [5, 5.41) is 6.00. The molecule has 5 heteroatoms. The van der Waals surface area contributed by atoms with Gasteiger partial charge in [0.1, 0.15) is 5.82 Å². The average Bonchev–Trinajstić information content (AvgIpc) is 2.81. The second-order valence-electron chi connectivity index (χ2n) is 3.93. The van der Waals surface area contributed by atoms with Gasteiger partial charge in [-0.25, -0.2) is 9.67 Å². The number of nitrogens with zero attached hydrogens (tertiary/aromatic N) is 3. The Hall–Kier alpha value is -0.870. The Bertz CT molecular complexity index is 551. The van der Waals surface area contributed by atoms with Gasteiger partial charge in [-0.3, -0.25) is 0 Å². The molecule has 0 saturated carbocycles. The topological polar surface area (TPSA) is 30.7 Å². The minimum atomic E-state index is 0.701. The zero-order chi connectivity index (χ0) is 13.1. The summed E-state index contributed by atoms with van der Waals surface area (Å²) < 4.78 is 1.90. The monoisotopic (exact) mass is 327 g/mol. The molecule has 0 bridgehead atoms. The van der Waals surface area contributed by atoms with E-state index in [1.54, 1.807) is 0 Å². The third-order valence-corrected chi connectivity index (χ3v) is 3.72. The largest absolute Gasteiger partial charge is 0.217 e. The van der Waals surface area contributed by atoms with E-state index in [-0.39, 0.29) is 0 Å². The van der Waals surface area contributed by atoms with E-state index in [4.69, 9.17) is 11.6 Å². The van der Waals surface area contributed by atoms with Crippen LogP contribution in [0, 0.1) is 0 Å². The van der Waals surface area contributed by atoms with Crippen molar-refractivity contribution in [2.45, 2.75) is 32.0 Å². The summed E-state index contributed by atoms with van der Waals surface area (Å²) in [6.07, 6.45) is 1.69. The molecule has 0 amide bonds. The molecule has 0 unspecified atom stereocenters. The lowest BCUT2D eigenvalue weighted by Gasteiger charge is -2.10. The molecule has 0 radical (unpaired) electrons. The van der Waals surface area contributed by atoms with Crippen molar-refractivity contribution in [2.75, 3.05) is 0 Å². The quantitative estimate of drug-likeness (QED) is 0.796. The molecule has 1 aromatic heterocycles. The predicted octanol–water partition coefficient (Wildman–Crippen LogP) is 3.94.